The number of fused-ring (bicyclic) bond motifs is 2. The second-order valence-corrected chi connectivity index (χ2v) is 8.77. The summed E-state index contributed by atoms with van der Waals surface area (Å²) in [6, 6.07) is 10.4. The van der Waals surface area contributed by atoms with E-state index in [9.17, 15) is 9.59 Å². The summed E-state index contributed by atoms with van der Waals surface area (Å²) in [5, 5.41) is 3.68. The first-order chi connectivity index (χ1) is 13.5. The number of anilines is 1. The molecule has 2 aliphatic heterocycles. The SMILES string of the molecule is CCS[C@@H]1CCN2C(=O)c3cc(-c4cc(Cl)ccc4OC)ccc3NC(=O)[C@H]12. The van der Waals surface area contributed by atoms with Crippen molar-refractivity contribution in [3.8, 4) is 16.9 Å². The fourth-order valence-electron chi connectivity index (χ4n) is 3.96. The smallest absolute Gasteiger partial charge is 0.256 e. The summed E-state index contributed by atoms with van der Waals surface area (Å²) in [4.78, 5) is 27.8. The monoisotopic (exact) mass is 416 g/mol. The first kappa shape index (κ1) is 19.2. The zero-order chi connectivity index (χ0) is 19.8. The van der Waals surface area contributed by atoms with Crippen molar-refractivity contribution in [3.05, 3.63) is 47.0 Å². The van der Waals surface area contributed by atoms with Crippen LogP contribution in [0.25, 0.3) is 11.1 Å². The maximum absolute atomic E-state index is 13.3. The van der Waals surface area contributed by atoms with Gasteiger partial charge < -0.3 is 15.0 Å². The fourth-order valence-corrected chi connectivity index (χ4v) is 5.28. The van der Waals surface area contributed by atoms with E-state index in [0.717, 1.165) is 23.3 Å². The minimum absolute atomic E-state index is 0.108. The van der Waals surface area contributed by atoms with E-state index in [4.69, 9.17) is 16.3 Å². The van der Waals surface area contributed by atoms with Gasteiger partial charge in [-0.15, -0.1) is 0 Å². The van der Waals surface area contributed by atoms with Gasteiger partial charge in [-0.1, -0.05) is 24.6 Å². The molecule has 0 spiro atoms. The first-order valence-electron chi connectivity index (χ1n) is 9.25. The molecule has 28 heavy (non-hydrogen) atoms. The molecular weight excluding hydrogens is 396 g/mol. The highest BCUT2D eigenvalue weighted by molar-refractivity contribution is 7.99. The summed E-state index contributed by atoms with van der Waals surface area (Å²) in [7, 11) is 1.60. The highest BCUT2D eigenvalue weighted by Crippen LogP contribution is 2.38. The number of ether oxygens (including phenoxy) is 1. The Morgan fingerprint density at radius 3 is 2.79 bits per heavy atom. The van der Waals surface area contributed by atoms with Crippen LogP contribution in [0.15, 0.2) is 36.4 Å². The predicted molar refractivity (Wildman–Crippen MR) is 113 cm³/mol. The van der Waals surface area contributed by atoms with Gasteiger partial charge in [-0.2, -0.15) is 11.8 Å². The lowest BCUT2D eigenvalue weighted by Gasteiger charge is -2.23. The van der Waals surface area contributed by atoms with Crippen LogP contribution in [-0.2, 0) is 4.79 Å². The maximum Gasteiger partial charge on any atom is 0.256 e. The van der Waals surface area contributed by atoms with Gasteiger partial charge in [0.1, 0.15) is 11.8 Å². The van der Waals surface area contributed by atoms with Crippen LogP contribution in [0.3, 0.4) is 0 Å². The Morgan fingerprint density at radius 2 is 2.04 bits per heavy atom. The van der Waals surface area contributed by atoms with E-state index < -0.39 is 6.04 Å². The molecule has 5 nitrogen and oxygen atoms in total. The minimum Gasteiger partial charge on any atom is -0.496 e. The average Bonchev–Trinajstić information content (AvgIpc) is 3.07. The van der Waals surface area contributed by atoms with Crippen molar-refractivity contribution in [1.29, 1.82) is 0 Å². The highest BCUT2D eigenvalue weighted by Gasteiger charge is 2.44. The lowest BCUT2D eigenvalue weighted by molar-refractivity contribution is -0.119. The van der Waals surface area contributed by atoms with Gasteiger partial charge in [-0.3, -0.25) is 9.59 Å². The largest absolute Gasteiger partial charge is 0.496 e. The summed E-state index contributed by atoms with van der Waals surface area (Å²) in [6.07, 6.45) is 0.833. The van der Waals surface area contributed by atoms with E-state index in [0.29, 0.717) is 28.6 Å². The molecule has 2 aromatic carbocycles. The van der Waals surface area contributed by atoms with Crippen LogP contribution in [0.5, 0.6) is 5.75 Å². The number of benzene rings is 2. The van der Waals surface area contributed by atoms with Gasteiger partial charge in [0.15, 0.2) is 0 Å². The fraction of sp³-hybridized carbons (Fsp3) is 0.333. The number of rotatable bonds is 4. The van der Waals surface area contributed by atoms with Crippen LogP contribution in [0.2, 0.25) is 5.02 Å². The van der Waals surface area contributed by atoms with Gasteiger partial charge in [-0.25, -0.2) is 0 Å². The Balaban J connectivity index is 1.77. The molecule has 0 unspecified atom stereocenters. The first-order valence-corrected chi connectivity index (χ1v) is 10.7. The lowest BCUT2D eigenvalue weighted by Crippen LogP contribution is -2.44. The van der Waals surface area contributed by atoms with E-state index in [1.807, 2.05) is 18.2 Å². The van der Waals surface area contributed by atoms with E-state index in [1.54, 1.807) is 42.0 Å². The van der Waals surface area contributed by atoms with Crippen LogP contribution < -0.4 is 10.1 Å². The number of amides is 2. The molecule has 1 saturated heterocycles. The van der Waals surface area contributed by atoms with Gasteiger partial charge in [-0.05, 0) is 48.1 Å². The van der Waals surface area contributed by atoms with Gasteiger partial charge in [0.2, 0.25) is 5.91 Å². The Labute approximate surface area is 173 Å². The van der Waals surface area contributed by atoms with E-state index in [2.05, 4.69) is 12.2 Å². The van der Waals surface area contributed by atoms with Gasteiger partial charge in [0.05, 0.1) is 18.4 Å². The van der Waals surface area contributed by atoms with E-state index >= 15 is 0 Å². The van der Waals surface area contributed by atoms with Crippen LogP contribution >= 0.6 is 23.4 Å². The predicted octanol–water partition coefficient (Wildman–Crippen LogP) is 4.30. The molecule has 2 atom stereocenters. The molecule has 4 rings (SSSR count). The maximum atomic E-state index is 13.3. The Morgan fingerprint density at radius 1 is 1.21 bits per heavy atom. The lowest BCUT2D eigenvalue weighted by atomic mass is 10.0. The number of halogens is 1. The Hall–Kier alpha value is -2.18. The molecule has 0 radical (unpaired) electrons. The second-order valence-electron chi connectivity index (χ2n) is 6.82. The Bertz CT molecular complexity index is 949. The number of methoxy groups -OCH3 is 1. The minimum atomic E-state index is -0.422. The number of nitrogens with zero attached hydrogens (tertiary/aromatic N) is 1. The standard InChI is InChI=1S/C21H21ClN2O3S/c1-3-28-18-8-9-24-19(18)20(25)23-16-6-4-12(10-15(16)21(24)26)14-11-13(22)5-7-17(14)27-2/h4-7,10-11,18-19H,3,8-9H2,1-2H3,(H,23,25)/t18-,19+/m1/s1. The number of thioether (sulfide) groups is 1. The van der Waals surface area contributed by atoms with Crippen molar-refractivity contribution >= 4 is 40.9 Å². The van der Waals surface area contributed by atoms with Crippen LogP contribution in [-0.4, -0.2) is 47.4 Å². The second kappa shape index (κ2) is 7.68. The van der Waals surface area contributed by atoms with Crippen molar-refractivity contribution in [2.45, 2.75) is 24.6 Å². The Kier molecular flexibility index (Phi) is 5.25. The van der Waals surface area contributed by atoms with Crippen LogP contribution in [0, 0.1) is 0 Å². The third kappa shape index (κ3) is 3.25. The molecule has 2 aliphatic rings. The molecule has 0 saturated carbocycles. The number of hydrogen-bond donors (Lipinski definition) is 1. The van der Waals surface area contributed by atoms with Gasteiger partial charge in [0, 0.05) is 22.4 Å². The molecular formula is C21H21ClN2O3S. The molecule has 0 aromatic heterocycles. The summed E-state index contributed by atoms with van der Waals surface area (Å²) in [5.41, 5.74) is 2.67. The number of carbonyl (C=O) groups excluding carboxylic acids is 2. The third-order valence-corrected chi connectivity index (χ3v) is 6.72. The van der Waals surface area contributed by atoms with Crippen LogP contribution in [0.1, 0.15) is 23.7 Å². The molecule has 0 bridgehead atoms. The van der Waals surface area contributed by atoms with Gasteiger partial charge in [0.25, 0.3) is 5.91 Å². The summed E-state index contributed by atoms with van der Waals surface area (Å²) < 4.78 is 5.45. The van der Waals surface area contributed by atoms with Crippen molar-refractivity contribution in [3.63, 3.8) is 0 Å². The molecule has 2 aromatic rings. The zero-order valence-electron chi connectivity index (χ0n) is 15.7. The molecule has 146 valence electrons. The zero-order valence-corrected chi connectivity index (χ0v) is 17.3. The van der Waals surface area contributed by atoms with Crippen molar-refractivity contribution < 1.29 is 14.3 Å². The number of carbonyl (C=O) groups is 2. The number of nitrogens with one attached hydrogen (secondary N) is 1. The highest BCUT2D eigenvalue weighted by atomic mass is 35.5. The van der Waals surface area contributed by atoms with Gasteiger partial charge >= 0.3 is 0 Å². The number of hydrogen-bond acceptors (Lipinski definition) is 4. The van der Waals surface area contributed by atoms with Crippen LogP contribution in [0.4, 0.5) is 5.69 Å². The molecule has 2 heterocycles. The summed E-state index contributed by atoms with van der Waals surface area (Å²) in [6.45, 7) is 2.67. The van der Waals surface area contributed by atoms with E-state index in [1.165, 1.54) is 0 Å². The third-order valence-electron chi connectivity index (χ3n) is 5.23. The molecule has 1 fully saturated rings. The molecule has 1 N–H and O–H groups in total. The molecule has 2 amide bonds. The van der Waals surface area contributed by atoms with Crippen molar-refractivity contribution in [2.75, 3.05) is 24.7 Å². The normalized spacial score (nSPS) is 21.0. The van der Waals surface area contributed by atoms with E-state index in [-0.39, 0.29) is 17.1 Å². The topological polar surface area (TPSA) is 58.6 Å². The van der Waals surface area contributed by atoms with Crippen molar-refractivity contribution in [2.24, 2.45) is 0 Å². The average molecular weight is 417 g/mol. The molecule has 7 heteroatoms. The summed E-state index contributed by atoms with van der Waals surface area (Å²) in [5.74, 6) is 1.37. The van der Waals surface area contributed by atoms with Crippen molar-refractivity contribution in [1.82, 2.24) is 4.90 Å². The quantitative estimate of drug-likeness (QED) is 0.807. The molecule has 0 aliphatic carbocycles. The summed E-state index contributed by atoms with van der Waals surface area (Å²) >= 11 is 7.91.